The van der Waals surface area contributed by atoms with Gasteiger partial charge in [-0.2, -0.15) is 0 Å². The van der Waals surface area contributed by atoms with Gasteiger partial charge in [0.1, 0.15) is 0 Å². The maximum atomic E-state index is 13.9. The Balaban J connectivity index is 2.22. The maximum Gasteiger partial charge on any atom is 0.257 e. The van der Waals surface area contributed by atoms with Crippen molar-refractivity contribution in [3.63, 3.8) is 0 Å². The molecule has 1 fully saturated rings. The largest absolute Gasteiger partial charge is 0.336 e. The molecule has 1 aliphatic heterocycles. The van der Waals surface area contributed by atoms with Crippen LogP contribution in [0.2, 0.25) is 5.02 Å². The fourth-order valence-electron chi connectivity index (χ4n) is 2.51. The van der Waals surface area contributed by atoms with Gasteiger partial charge in [-0.25, -0.2) is 4.39 Å². The Morgan fingerprint density at radius 1 is 1.47 bits per heavy atom. The number of carbonyl (C=O) groups excluding carboxylic acids is 1. The molecule has 0 aromatic heterocycles. The number of amides is 1. The van der Waals surface area contributed by atoms with Gasteiger partial charge in [0.25, 0.3) is 5.91 Å². The van der Waals surface area contributed by atoms with Crippen molar-refractivity contribution in [2.24, 2.45) is 0 Å². The maximum absolute atomic E-state index is 13.9. The van der Waals surface area contributed by atoms with Gasteiger partial charge in [0.15, 0.2) is 5.82 Å². The van der Waals surface area contributed by atoms with E-state index in [4.69, 9.17) is 11.6 Å². The summed E-state index contributed by atoms with van der Waals surface area (Å²) in [6, 6.07) is 4.73. The second kappa shape index (κ2) is 6.35. The first-order chi connectivity index (χ1) is 9.15. The third-order valence-corrected chi connectivity index (χ3v) is 3.82. The van der Waals surface area contributed by atoms with E-state index in [0.29, 0.717) is 6.54 Å². The lowest BCUT2D eigenvalue weighted by molar-refractivity contribution is 0.0651. The zero-order chi connectivity index (χ0) is 13.8. The first-order valence-electron chi connectivity index (χ1n) is 6.60. The third kappa shape index (κ3) is 3.07. The summed E-state index contributed by atoms with van der Waals surface area (Å²) in [5.74, 6) is -0.893. The number of nitrogens with one attached hydrogen (secondary N) is 1. The Hall–Kier alpha value is -1.13. The van der Waals surface area contributed by atoms with Gasteiger partial charge < -0.3 is 10.2 Å². The average Bonchev–Trinajstić information content (AvgIpc) is 2.44. The molecule has 0 aliphatic carbocycles. The highest BCUT2D eigenvalue weighted by atomic mass is 35.5. The van der Waals surface area contributed by atoms with Crippen LogP contribution in [0.1, 0.15) is 30.1 Å². The molecule has 3 nitrogen and oxygen atoms in total. The molecule has 0 spiro atoms. The van der Waals surface area contributed by atoms with E-state index in [-0.39, 0.29) is 22.5 Å². The highest BCUT2D eigenvalue weighted by Crippen LogP contribution is 2.21. The minimum atomic E-state index is -0.624. The molecular weight excluding hydrogens is 267 g/mol. The van der Waals surface area contributed by atoms with Gasteiger partial charge >= 0.3 is 0 Å². The van der Waals surface area contributed by atoms with Crippen molar-refractivity contribution in [1.29, 1.82) is 0 Å². The van der Waals surface area contributed by atoms with E-state index in [1.165, 1.54) is 12.1 Å². The number of benzene rings is 1. The highest BCUT2D eigenvalue weighted by molar-refractivity contribution is 6.31. The lowest BCUT2D eigenvalue weighted by atomic mass is 10.0. The van der Waals surface area contributed by atoms with Crippen LogP contribution in [0, 0.1) is 5.82 Å². The summed E-state index contributed by atoms with van der Waals surface area (Å²) >= 11 is 5.74. The quantitative estimate of drug-likeness (QED) is 0.926. The van der Waals surface area contributed by atoms with Crippen LogP contribution in [-0.4, -0.2) is 36.5 Å². The molecule has 0 radical (unpaired) electrons. The number of carbonyl (C=O) groups is 1. The van der Waals surface area contributed by atoms with Crippen LogP contribution in [0.4, 0.5) is 4.39 Å². The third-order valence-electron chi connectivity index (χ3n) is 3.53. The lowest BCUT2D eigenvalue weighted by Gasteiger charge is -2.34. The zero-order valence-corrected chi connectivity index (χ0v) is 11.7. The molecule has 1 aromatic rings. The standard InChI is InChI=1S/C14H18ClFN2O/c1-2-18(10-6-8-17-9-7-10)14(19)11-4-3-5-12(15)13(11)16/h3-5,10,17H,2,6-9H2,1H3. The SMILES string of the molecule is CCN(C(=O)c1cccc(Cl)c1F)C1CCNCC1. The van der Waals surface area contributed by atoms with Crippen molar-refractivity contribution in [1.82, 2.24) is 10.2 Å². The molecule has 1 amide bonds. The molecule has 19 heavy (non-hydrogen) atoms. The monoisotopic (exact) mass is 284 g/mol. The lowest BCUT2D eigenvalue weighted by Crippen LogP contribution is -2.46. The van der Waals surface area contributed by atoms with Crippen molar-refractivity contribution in [3.8, 4) is 0 Å². The van der Waals surface area contributed by atoms with Crippen molar-refractivity contribution in [3.05, 3.63) is 34.6 Å². The number of halogens is 2. The van der Waals surface area contributed by atoms with E-state index < -0.39 is 5.82 Å². The average molecular weight is 285 g/mol. The van der Waals surface area contributed by atoms with Crippen molar-refractivity contribution < 1.29 is 9.18 Å². The van der Waals surface area contributed by atoms with E-state index in [1.807, 2.05) is 6.92 Å². The van der Waals surface area contributed by atoms with Crippen LogP contribution >= 0.6 is 11.6 Å². The molecule has 0 unspecified atom stereocenters. The molecular formula is C14H18ClFN2O. The summed E-state index contributed by atoms with van der Waals surface area (Å²) in [7, 11) is 0. The van der Waals surface area contributed by atoms with Gasteiger partial charge in [0.2, 0.25) is 0 Å². The van der Waals surface area contributed by atoms with Gasteiger partial charge in [0, 0.05) is 12.6 Å². The summed E-state index contributed by atoms with van der Waals surface area (Å²) in [6.45, 7) is 4.29. The molecule has 0 saturated carbocycles. The number of rotatable bonds is 3. The highest BCUT2D eigenvalue weighted by Gasteiger charge is 2.26. The van der Waals surface area contributed by atoms with Crippen LogP contribution in [0.25, 0.3) is 0 Å². The molecule has 0 bridgehead atoms. The molecule has 104 valence electrons. The van der Waals surface area contributed by atoms with Crippen LogP contribution in [0.5, 0.6) is 0 Å². The molecule has 1 aromatic carbocycles. The first-order valence-corrected chi connectivity index (χ1v) is 6.98. The molecule has 1 aliphatic rings. The van der Waals surface area contributed by atoms with Crippen LogP contribution in [-0.2, 0) is 0 Å². The summed E-state index contributed by atoms with van der Waals surface area (Å²) in [5, 5.41) is 3.25. The van der Waals surface area contributed by atoms with Gasteiger partial charge in [-0.3, -0.25) is 4.79 Å². The normalized spacial score (nSPS) is 16.4. The first kappa shape index (κ1) is 14.3. The molecule has 1 N–H and O–H groups in total. The minimum Gasteiger partial charge on any atom is -0.336 e. The number of nitrogens with zero attached hydrogens (tertiary/aromatic N) is 1. The summed E-state index contributed by atoms with van der Waals surface area (Å²) < 4.78 is 13.9. The Labute approximate surface area is 117 Å². The van der Waals surface area contributed by atoms with E-state index in [0.717, 1.165) is 25.9 Å². The fourth-order valence-corrected chi connectivity index (χ4v) is 2.68. The van der Waals surface area contributed by atoms with Gasteiger partial charge in [-0.15, -0.1) is 0 Å². The van der Waals surface area contributed by atoms with Gasteiger partial charge in [0.05, 0.1) is 10.6 Å². The van der Waals surface area contributed by atoms with Crippen LogP contribution < -0.4 is 5.32 Å². The Bertz CT molecular complexity index is 461. The zero-order valence-electron chi connectivity index (χ0n) is 11.0. The molecule has 5 heteroatoms. The molecule has 1 saturated heterocycles. The van der Waals surface area contributed by atoms with Crippen molar-refractivity contribution in [2.75, 3.05) is 19.6 Å². The van der Waals surface area contributed by atoms with E-state index in [2.05, 4.69) is 5.32 Å². The predicted molar refractivity (Wildman–Crippen MR) is 74.0 cm³/mol. The van der Waals surface area contributed by atoms with E-state index in [1.54, 1.807) is 11.0 Å². The van der Waals surface area contributed by atoms with Gasteiger partial charge in [-0.05, 0) is 45.0 Å². The summed E-state index contributed by atoms with van der Waals surface area (Å²) in [6.07, 6.45) is 1.81. The number of hydrogen-bond acceptors (Lipinski definition) is 2. The van der Waals surface area contributed by atoms with Gasteiger partial charge in [-0.1, -0.05) is 17.7 Å². The van der Waals surface area contributed by atoms with Crippen molar-refractivity contribution >= 4 is 17.5 Å². The molecule has 1 heterocycles. The molecule has 2 rings (SSSR count). The van der Waals surface area contributed by atoms with Crippen LogP contribution in [0.15, 0.2) is 18.2 Å². The summed E-state index contributed by atoms with van der Waals surface area (Å²) in [5.41, 5.74) is 0.0629. The Morgan fingerprint density at radius 3 is 2.79 bits per heavy atom. The fraction of sp³-hybridized carbons (Fsp3) is 0.500. The smallest absolute Gasteiger partial charge is 0.257 e. The second-order valence-corrected chi connectivity index (χ2v) is 5.08. The number of hydrogen-bond donors (Lipinski definition) is 1. The number of piperidine rings is 1. The van der Waals surface area contributed by atoms with Crippen LogP contribution in [0.3, 0.4) is 0 Å². The summed E-state index contributed by atoms with van der Waals surface area (Å²) in [4.78, 5) is 14.2. The topological polar surface area (TPSA) is 32.3 Å². The predicted octanol–water partition coefficient (Wildman–Crippen LogP) is 2.69. The Kier molecular flexibility index (Phi) is 4.77. The minimum absolute atomic E-state index is 0.00721. The van der Waals surface area contributed by atoms with E-state index in [9.17, 15) is 9.18 Å². The van der Waals surface area contributed by atoms with E-state index >= 15 is 0 Å². The molecule has 0 atom stereocenters. The Morgan fingerprint density at radius 2 is 2.16 bits per heavy atom. The second-order valence-electron chi connectivity index (χ2n) is 4.67. The van der Waals surface area contributed by atoms with Crippen molar-refractivity contribution in [2.45, 2.75) is 25.8 Å².